The number of halogens is 2. The van der Waals surface area contributed by atoms with Gasteiger partial charge in [0.25, 0.3) is 11.8 Å². The third-order valence-corrected chi connectivity index (χ3v) is 4.65. The van der Waals surface area contributed by atoms with Crippen LogP contribution in [0.4, 0.5) is 8.78 Å². The molecular formula is C16H21F2N3O2. The number of nitrogens with zero attached hydrogens (tertiary/aromatic N) is 3. The predicted molar refractivity (Wildman–Crippen MR) is 80.3 cm³/mol. The van der Waals surface area contributed by atoms with E-state index in [0.717, 1.165) is 0 Å². The first-order valence-corrected chi connectivity index (χ1v) is 7.89. The van der Waals surface area contributed by atoms with Crippen molar-refractivity contribution < 1.29 is 18.7 Å². The summed E-state index contributed by atoms with van der Waals surface area (Å²) in [5.74, 6) is -2.72. The molecule has 0 radical (unpaired) electrons. The van der Waals surface area contributed by atoms with Gasteiger partial charge < -0.3 is 10.0 Å². The van der Waals surface area contributed by atoms with Crippen molar-refractivity contribution in [2.75, 3.05) is 32.7 Å². The lowest BCUT2D eigenvalue weighted by Crippen LogP contribution is -2.49. The molecule has 3 rings (SSSR count). The van der Waals surface area contributed by atoms with E-state index in [-0.39, 0.29) is 38.4 Å². The van der Waals surface area contributed by atoms with Gasteiger partial charge in [0.2, 0.25) is 0 Å². The molecule has 1 unspecified atom stereocenters. The SMILES string of the molecule is O=C(c1ccncc1)N1CCC(O)(CN2CCC(F)(F)CC2)C1. The normalized spacial score (nSPS) is 28.0. The van der Waals surface area contributed by atoms with E-state index in [1.165, 1.54) is 0 Å². The van der Waals surface area contributed by atoms with Crippen LogP contribution in [0.25, 0.3) is 0 Å². The minimum atomic E-state index is -2.59. The third kappa shape index (κ3) is 3.84. The molecule has 2 fully saturated rings. The minimum Gasteiger partial charge on any atom is -0.387 e. The lowest BCUT2D eigenvalue weighted by molar-refractivity contribution is -0.0720. The number of hydrogen-bond acceptors (Lipinski definition) is 4. The fourth-order valence-electron chi connectivity index (χ4n) is 3.29. The van der Waals surface area contributed by atoms with Crippen molar-refractivity contribution in [3.63, 3.8) is 0 Å². The molecule has 1 atom stereocenters. The van der Waals surface area contributed by atoms with Crippen molar-refractivity contribution in [2.45, 2.75) is 30.8 Å². The van der Waals surface area contributed by atoms with Gasteiger partial charge in [-0.25, -0.2) is 8.78 Å². The Morgan fingerprint density at radius 1 is 1.17 bits per heavy atom. The van der Waals surface area contributed by atoms with Gasteiger partial charge in [-0.05, 0) is 18.6 Å². The number of rotatable bonds is 3. The highest BCUT2D eigenvalue weighted by Gasteiger charge is 2.42. The van der Waals surface area contributed by atoms with Gasteiger partial charge in [0, 0.05) is 57.0 Å². The van der Waals surface area contributed by atoms with Gasteiger partial charge in [0.1, 0.15) is 0 Å². The first-order chi connectivity index (χ1) is 10.9. The minimum absolute atomic E-state index is 0.131. The second kappa shape index (κ2) is 6.13. The molecule has 5 nitrogen and oxygen atoms in total. The molecule has 1 aromatic heterocycles. The predicted octanol–water partition coefficient (Wildman–Crippen LogP) is 1.39. The standard InChI is InChI=1S/C16H21F2N3O2/c17-16(18)4-8-20(9-5-16)11-15(23)3-10-21(12-15)14(22)13-1-6-19-7-2-13/h1-2,6-7,23H,3-5,8-12H2. The summed E-state index contributed by atoms with van der Waals surface area (Å²) in [5.41, 5.74) is -0.475. The van der Waals surface area contributed by atoms with Crippen molar-refractivity contribution >= 4 is 5.91 Å². The second-order valence-electron chi connectivity index (χ2n) is 6.57. The first-order valence-electron chi connectivity index (χ1n) is 7.89. The number of aromatic nitrogens is 1. The summed E-state index contributed by atoms with van der Waals surface area (Å²) in [7, 11) is 0. The fourth-order valence-corrected chi connectivity index (χ4v) is 3.29. The van der Waals surface area contributed by atoms with Crippen LogP contribution in [0.3, 0.4) is 0 Å². The van der Waals surface area contributed by atoms with E-state index in [1.54, 1.807) is 29.4 Å². The monoisotopic (exact) mass is 325 g/mol. The van der Waals surface area contributed by atoms with Crippen LogP contribution in [0, 0.1) is 0 Å². The van der Waals surface area contributed by atoms with Crippen LogP contribution in [0.1, 0.15) is 29.6 Å². The van der Waals surface area contributed by atoms with Crippen LogP contribution >= 0.6 is 0 Å². The molecule has 2 saturated heterocycles. The van der Waals surface area contributed by atoms with Gasteiger partial charge in [0.15, 0.2) is 0 Å². The largest absolute Gasteiger partial charge is 0.387 e. The molecule has 0 bridgehead atoms. The summed E-state index contributed by atoms with van der Waals surface area (Å²) in [6.45, 7) is 1.62. The van der Waals surface area contributed by atoms with E-state index < -0.39 is 11.5 Å². The van der Waals surface area contributed by atoms with Gasteiger partial charge in [-0.1, -0.05) is 0 Å². The van der Waals surface area contributed by atoms with Crippen molar-refractivity contribution in [1.82, 2.24) is 14.8 Å². The molecule has 0 spiro atoms. The Bertz CT molecular complexity index is 560. The molecule has 7 heteroatoms. The molecule has 1 amide bonds. The average molecular weight is 325 g/mol. The molecule has 1 aromatic rings. The Balaban J connectivity index is 1.57. The summed E-state index contributed by atoms with van der Waals surface area (Å²) >= 11 is 0. The number of amides is 1. The zero-order valence-corrected chi connectivity index (χ0v) is 12.9. The van der Waals surface area contributed by atoms with E-state index in [2.05, 4.69) is 4.98 Å². The van der Waals surface area contributed by atoms with Crippen molar-refractivity contribution in [1.29, 1.82) is 0 Å². The van der Waals surface area contributed by atoms with Crippen LogP contribution in [-0.4, -0.2) is 70.0 Å². The summed E-state index contributed by atoms with van der Waals surface area (Å²) in [6, 6.07) is 3.29. The number of carbonyl (C=O) groups excluding carboxylic acids is 1. The fraction of sp³-hybridized carbons (Fsp3) is 0.625. The zero-order valence-electron chi connectivity index (χ0n) is 12.9. The summed E-state index contributed by atoms with van der Waals surface area (Å²) in [4.78, 5) is 19.8. The second-order valence-corrected chi connectivity index (χ2v) is 6.57. The molecule has 2 aliphatic rings. The highest BCUT2D eigenvalue weighted by atomic mass is 19.3. The first kappa shape index (κ1) is 16.3. The van der Waals surface area contributed by atoms with Gasteiger partial charge in [-0.3, -0.25) is 14.7 Å². The Kier molecular flexibility index (Phi) is 4.33. The summed E-state index contributed by atoms with van der Waals surface area (Å²) in [6.07, 6.45) is 3.26. The van der Waals surface area contributed by atoms with Gasteiger partial charge in [0.05, 0.1) is 12.1 Å². The average Bonchev–Trinajstić information content (AvgIpc) is 2.92. The smallest absolute Gasteiger partial charge is 0.254 e. The number of hydrogen-bond donors (Lipinski definition) is 1. The van der Waals surface area contributed by atoms with Crippen LogP contribution in [0.15, 0.2) is 24.5 Å². The number of aliphatic hydroxyl groups is 1. The topological polar surface area (TPSA) is 56.7 Å². The van der Waals surface area contributed by atoms with Gasteiger partial charge >= 0.3 is 0 Å². The zero-order chi connectivity index (χ0) is 16.5. The van der Waals surface area contributed by atoms with Crippen LogP contribution in [-0.2, 0) is 0 Å². The molecule has 126 valence electrons. The molecular weight excluding hydrogens is 304 g/mol. The molecule has 1 N–H and O–H groups in total. The Morgan fingerprint density at radius 2 is 1.83 bits per heavy atom. The number of likely N-dealkylation sites (tertiary alicyclic amines) is 2. The van der Waals surface area contributed by atoms with E-state index >= 15 is 0 Å². The number of pyridine rings is 1. The van der Waals surface area contributed by atoms with Crippen molar-refractivity contribution in [2.24, 2.45) is 0 Å². The Morgan fingerprint density at radius 3 is 2.48 bits per heavy atom. The van der Waals surface area contributed by atoms with Crippen LogP contribution in [0.5, 0.6) is 0 Å². The van der Waals surface area contributed by atoms with Crippen LogP contribution < -0.4 is 0 Å². The maximum atomic E-state index is 13.2. The number of β-amino-alcohol motifs (C(OH)–C–C–N with tert-alkyl or cyclic N) is 1. The van der Waals surface area contributed by atoms with E-state index in [4.69, 9.17) is 0 Å². The molecule has 0 aromatic carbocycles. The lowest BCUT2D eigenvalue weighted by atomic mass is 10.00. The highest BCUT2D eigenvalue weighted by molar-refractivity contribution is 5.94. The third-order valence-electron chi connectivity index (χ3n) is 4.65. The summed E-state index contributed by atoms with van der Waals surface area (Å²) in [5, 5.41) is 10.7. The number of alkyl halides is 2. The Hall–Kier alpha value is -1.60. The molecule has 23 heavy (non-hydrogen) atoms. The molecule has 2 aliphatic heterocycles. The van der Waals surface area contributed by atoms with E-state index in [1.807, 2.05) is 4.90 Å². The summed E-state index contributed by atoms with van der Waals surface area (Å²) < 4.78 is 26.4. The van der Waals surface area contributed by atoms with E-state index in [0.29, 0.717) is 25.1 Å². The Labute approximate surface area is 133 Å². The lowest BCUT2D eigenvalue weighted by Gasteiger charge is -2.36. The van der Waals surface area contributed by atoms with Gasteiger partial charge in [-0.2, -0.15) is 0 Å². The molecule has 0 saturated carbocycles. The quantitative estimate of drug-likeness (QED) is 0.912. The highest BCUT2D eigenvalue weighted by Crippen LogP contribution is 2.30. The maximum Gasteiger partial charge on any atom is 0.254 e. The number of piperidine rings is 1. The maximum absolute atomic E-state index is 13.2. The van der Waals surface area contributed by atoms with Gasteiger partial charge in [-0.15, -0.1) is 0 Å². The van der Waals surface area contributed by atoms with Crippen molar-refractivity contribution in [3.05, 3.63) is 30.1 Å². The molecule has 3 heterocycles. The molecule has 0 aliphatic carbocycles. The van der Waals surface area contributed by atoms with Crippen LogP contribution in [0.2, 0.25) is 0 Å². The van der Waals surface area contributed by atoms with Crippen molar-refractivity contribution in [3.8, 4) is 0 Å². The van der Waals surface area contributed by atoms with E-state index in [9.17, 15) is 18.7 Å². The number of carbonyl (C=O) groups is 1.